The number of hydrogen-bond donors (Lipinski definition) is 2. The Morgan fingerprint density at radius 1 is 1.00 bits per heavy atom. The summed E-state index contributed by atoms with van der Waals surface area (Å²) < 4.78 is 6.94. The van der Waals surface area contributed by atoms with Crippen LogP contribution in [0.2, 0.25) is 0 Å². The van der Waals surface area contributed by atoms with E-state index in [1.54, 1.807) is 23.1 Å². The number of thiophene rings is 1. The zero-order valence-electron chi connectivity index (χ0n) is 17.5. The normalized spacial score (nSPS) is 11.0. The minimum Gasteiger partial charge on any atom is -0.497 e. The smallest absolute Gasteiger partial charge is 0.225 e. The lowest BCUT2D eigenvalue weighted by atomic mass is 10.1. The number of nitrogens with two attached hydrogens (primary N) is 1. The highest BCUT2D eigenvalue weighted by atomic mass is 32.1. The molecule has 0 radical (unpaired) electrons. The van der Waals surface area contributed by atoms with E-state index in [1.807, 2.05) is 60.0 Å². The van der Waals surface area contributed by atoms with Crippen LogP contribution < -0.4 is 15.8 Å². The van der Waals surface area contributed by atoms with Crippen molar-refractivity contribution in [1.29, 1.82) is 0 Å². The number of ether oxygens (including phenoxy) is 1. The fourth-order valence-corrected chi connectivity index (χ4v) is 4.28. The summed E-state index contributed by atoms with van der Waals surface area (Å²) >= 11 is 1.62. The maximum absolute atomic E-state index is 6.52. The molecule has 0 amide bonds. The first kappa shape index (κ1) is 20.0. The number of anilines is 2. The SMILES string of the molecule is COc1ccc(CCNc2nc(-c3cccs3)c3c(N)n(-c4ccccc4)nc3n2)cc1. The molecular weight excluding hydrogens is 420 g/mol. The first-order valence-corrected chi connectivity index (χ1v) is 11.1. The molecular formula is C24H22N6OS. The lowest BCUT2D eigenvalue weighted by Gasteiger charge is -2.08. The lowest BCUT2D eigenvalue weighted by molar-refractivity contribution is 0.414. The van der Waals surface area contributed by atoms with Crippen LogP contribution in [0.1, 0.15) is 5.56 Å². The number of benzene rings is 2. The number of rotatable bonds is 7. The largest absolute Gasteiger partial charge is 0.497 e. The molecule has 0 fully saturated rings. The van der Waals surface area contributed by atoms with Crippen LogP contribution in [0.4, 0.5) is 11.8 Å². The molecule has 0 unspecified atom stereocenters. The first-order chi connectivity index (χ1) is 15.7. The van der Waals surface area contributed by atoms with Crippen LogP contribution >= 0.6 is 11.3 Å². The third-order valence-electron chi connectivity index (χ3n) is 5.18. The molecule has 2 aromatic carbocycles. The Hall–Kier alpha value is -3.91. The Kier molecular flexibility index (Phi) is 5.43. The third kappa shape index (κ3) is 3.88. The van der Waals surface area contributed by atoms with Crippen molar-refractivity contribution < 1.29 is 4.74 Å². The van der Waals surface area contributed by atoms with E-state index >= 15 is 0 Å². The summed E-state index contributed by atoms with van der Waals surface area (Å²) in [6.07, 6.45) is 0.834. The van der Waals surface area contributed by atoms with Gasteiger partial charge in [-0.1, -0.05) is 36.4 Å². The molecule has 0 spiro atoms. The van der Waals surface area contributed by atoms with E-state index in [2.05, 4.69) is 22.4 Å². The number of nitrogens with zero attached hydrogens (tertiary/aromatic N) is 4. The summed E-state index contributed by atoms with van der Waals surface area (Å²) in [6.45, 7) is 0.691. The van der Waals surface area contributed by atoms with Gasteiger partial charge in [0.2, 0.25) is 5.95 Å². The summed E-state index contributed by atoms with van der Waals surface area (Å²) in [5.41, 5.74) is 9.96. The summed E-state index contributed by atoms with van der Waals surface area (Å²) in [5, 5.41) is 10.8. The molecule has 0 aliphatic heterocycles. The van der Waals surface area contributed by atoms with Crippen LogP contribution in [0, 0.1) is 0 Å². The Labute approximate surface area is 189 Å². The Morgan fingerprint density at radius 2 is 1.81 bits per heavy atom. The molecule has 3 heterocycles. The fraction of sp³-hybridized carbons (Fsp3) is 0.125. The topological polar surface area (TPSA) is 90.9 Å². The molecule has 0 aliphatic rings. The predicted octanol–water partition coefficient (Wildman–Crippen LogP) is 4.79. The van der Waals surface area contributed by atoms with Gasteiger partial charge in [-0.15, -0.1) is 16.4 Å². The van der Waals surface area contributed by atoms with E-state index in [-0.39, 0.29) is 0 Å². The molecule has 160 valence electrons. The zero-order valence-corrected chi connectivity index (χ0v) is 18.3. The molecule has 0 bridgehead atoms. The third-order valence-corrected chi connectivity index (χ3v) is 6.06. The summed E-state index contributed by atoms with van der Waals surface area (Å²) in [5.74, 6) is 1.91. The molecule has 0 atom stereocenters. The predicted molar refractivity (Wildman–Crippen MR) is 130 cm³/mol. The number of hydrogen-bond acceptors (Lipinski definition) is 7. The van der Waals surface area contributed by atoms with Crippen molar-refractivity contribution in [2.75, 3.05) is 24.7 Å². The van der Waals surface area contributed by atoms with Crippen LogP contribution in [0.5, 0.6) is 5.75 Å². The van der Waals surface area contributed by atoms with Crippen LogP contribution in [0.25, 0.3) is 27.3 Å². The highest BCUT2D eigenvalue weighted by molar-refractivity contribution is 7.13. The summed E-state index contributed by atoms with van der Waals surface area (Å²) in [7, 11) is 1.67. The molecule has 0 saturated carbocycles. The van der Waals surface area contributed by atoms with Crippen molar-refractivity contribution in [1.82, 2.24) is 19.7 Å². The second kappa shape index (κ2) is 8.68. The summed E-state index contributed by atoms with van der Waals surface area (Å²) in [4.78, 5) is 10.5. The van der Waals surface area contributed by atoms with Crippen LogP contribution in [-0.2, 0) is 6.42 Å². The van der Waals surface area contributed by atoms with E-state index in [0.717, 1.165) is 33.8 Å². The molecule has 0 saturated heterocycles. The van der Waals surface area contributed by atoms with Gasteiger partial charge < -0.3 is 15.8 Å². The minimum absolute atomic E-state index is 0.527. The number of aromatic nitrogens is 4. The minimum atomic E-state index is 0.527. The molecule has 5 aromatic rings. The van der Waals surface area contributed by atoms with E-state index in [9.17, 15) is 0 Å². The van der Waals surface area contributed by atoms with Gasteiger partial charge in [0, 0.05) is 6.54 Å². The fourth-order valence-electron chi connectivity index (χ4n) is 3.56. The van der Waals surface area contributed by atoms with Gasteiger partial charge in [0.25, 0.3) is 0 Å². The maximum atomic E-state index is 6.52. The highest BCUT2D eigenvalue weighted by Crippen LogP contribution is 2.34. The molecule has 5 rings (SSSR count). The first-order valence-electron chi connectivity index (χ1n) is 10.3. The van der Waals surface area contributed by atoms with Crippen molar-refractivity contribution in [3.8, 4) is 22.0 Å². The number of fused-ring (bicyclic) bond motifs is 1. The number of nitrogens with one attached hydrogen (secondary N) is 1. The average Bonchev–Trinajstić information content (AvgIpc) is 3.48. The quantitative estimate of drug-likeness (QED) is 0.377. The molecule has 3 N–H and O–H groups in total. The van der Waals surface area contributed by atoms with E-state index in [1.165, 1.54) is 5.56 Å². The summed E-state index contributed by atoms with van der Waals surface area (Å²) in [6, 6.07) is 21.9. The van der Waals surface area contributed by atoms with Gasteiger partial charge in [0.15, 0.2) is 5.65 Å². The average molecular weight is 443 g/mol. The van der Waals surface area contributed by atoms with Gasteiger partial charge in [-0.25, -0.2) is 9.67 Å². The monoisotopic (exact) mass is 442 g/mol. The Balaban J connectivity index is 1.48. The number of methoxy groups -OCH3 is 1. The molecule has 8 heteroatoms. The van der Waals surface area contributed by atoms with Crippen LogP contribution in [0.3, 0.4) is 0 Å². The second-order valence-corrected chi connectivity index (χ2v) is 8.18. The second-order valence-electron chi connectivity index (χ2n) is 7.23. The van der Waals surface area contributed by atoms with E-state index < -0.39 is 0 Å². The van der Waals surface area contributed by atoms with Crippen molar-refractivity contribution >= 4 is 34.1 Å². The van der Waals surface area contributed by atoms with E-state index in [0.29, 0.717) is 24.0 Å². The van der Waals surface area contributed by atoms with Crippen molar-refractivity contribution in [2.45, 2.75) is 6.42 Å². The highest BCUT2D eigenvalue weighted by Gasteiger charge is 2.19. The Morgan fingerprint density at radius 3 is 2.53 bits per heavy atom. The van der Waals surface area contributed by atoms with Crippen molar-refractivity contribution in [3.63, 3.8) is 0 Å². The van der Waals surface area contributed by atoms with Gasteiger partial charge in [0.05, 0.1) is 28.8 Å². The van der Waals surface area contributed by atoms with Gasteiger partial charge >= 0.3 is 0 Å². The molecule has 32 heavy (non-hydrogen) atoms. The zero-order chi connectivity index (χ0) is 21.9. The molecule has 3 aromatic heterocycles. The van der Waals surface area contributed by atoms with Gasteiger partial charge in [-0.2, -0.15) is 4.98 Å². The molecule has 0 aliphatic carbocycles. The standard InChI is InChI=1S/C24H22N6OS/c1-31-18-11-9-16(10-12-18)13-14-26-24-27-21(19-8-5-15-32-19)20-22(25)30(29-23(20)28-24)17-6-3-2-4-7-17/h2-12,15H,13-14,25H2,1H3,(H,26,28,29). The number of nitrogen functional groups attached to an aromatic ring is 1. The Bertz CT molecular complexity index is 1330. The van der Waals surface area contributed by atoms with Crippen molar-refractivity contribution in [2.24, 2.45) is 0 Å². The van der Waals surface area contributed by atoms with Gasteiger partial charge in [-0.05, 0) is 47.7 Å². The van der Waals surface area contributed by atoms with Crippen LogP contribution in [0.15, 0.2) is 72.1 Å². The van der Waals surface area contributed by atoms with Gasteiger partial charge in [0.1, 0.15) is 11.6 Å². The van der Waals surface area contributed by atoms with Crippen molar-refractivity contribution in [3.05, 3.63) is 77.7 Å². The van der Waals surface area contributed by atoms with E-state index in [4.69, 9.17) is 20.6 Å². The molecule has 7 nitrogen and oxygen atoms in total. The lowest BCUT2D eigenvalue weighted by Crippen LogP contribution is -2.08. The van der Waals surface area contributed by atoms with Gasteiger partial charge in [-0.3, -0.25) is 0 Å². The number of para-hydroxylation sites is 1. The van der Waals surface area contributed by atoms with Crippen LogP contribution in [-0.4, -0.2) is 33.4 Å². The maximum Gasteiger partial charge on any atom is 0.225 e.